The molecule has 1 aliphatic heterocycles. The first-order valence-electron chi connectivity index (χ1n) is 5.10. The van der Waals surface area contributed by atoms with Crippen LogP contribution in [-0.2, 0) is 6.42 Å². The second-order valence-corrected chi connectivity index (χ2v) is 4.08. The topological polar surface area (TPSA) is 50.7 Å². The van der Waals surface area contributed by atoms with Gasteiger partial charge >= 0.3 is 5.87 Å². The Hall–Kier alpha value is -1.07. The molecule has 0 saturated carbocycles. The van der Waals surface area contributed by atoms with E-state index in [2.05, 4.69) is 5.32 Å². The van der Waals surface area contributed by atoms with Crippen molar-refractivity contribution < 1.29 is 14.6 Å². The molecule has 0 saturated heterocycles. The number of benzene rings is 1. The fraction of sp³-hybridized carbons (Fsp3) is 0.400. The number of hydrogen-bond acceptors (Lipinski definition) is 4. The van der Waals surface area contributed by atoms with Crippen LogP contribution >= 0.6 is 0 Å². The fourth-order valence-electron chi connectivity index (χ4n) is 1.59. The van der Waals surface area contributed by atoms with E-state index in [-0.39, 0.29) is 0 Å². The van der Waals surface area contributed by atoms with E-state index in [4.69, 9.17) is 33.0 Å². The maximum Gasteiger partial charge on any atom is 0.302 e. The van der Waals surface area contributed by atoms with Crippen molar-refractivity contribution in [1.29, 1.82) is 0 Å². The molecular formula is C10H10B3NO3. The van der Waals surface area contributed by atoms with Gasteiger partial charge in [0.15, 0.2) is 11.5 Å². The summed E-state index contributed by atoms with van der Waals surface area (Å²) in [5, 5.41) is 11.1. The molecule has 1 unspecified atom stereocenters. The van der Waals surface area contributed by atoms with Crippen molar-refractivity contribution in [2.45, 2.75) is 17.6 Å². The Morgan fingerprint density at radius 2 is 2.00 bits per heavy atom. The molecule has 0 bridgehead atoms. The zero-order chi connectivity index (χ0) is 12.7. The van der Waals surface area contributed by atoms with Crippen molar-refractivity contribution in [3.63, 3.8) is 0 Å². The van der Waals surface area contributed by atoms with Crippen LogP contribution in [-0.4, -0.2) is 46.9 Å². The van der Waals surface area contributed by atoms with Gasteiger partial charge in [-0.3, -0.25) is 0 Å². The summed E-state index contributed by atoms with van der Waals surface area (Å²) in [5.41, 5.74) is 0.837. The molecule has 7 heteroatoms. The maximum atomic E-state index is 9.36. The third-order valence-electron chi connectivity index (χ3n) is 2.48. The number of nitrogens with one attached hydrogen (secondary N) is 1. The third kappa shape index (κ3) is 2.79. The van der Waals surface area contributed by atoms with Crippen LogP contribution in [0.15, 0.2) is 18.2 Å². The zero-order valence-corrected chi connectivity index (χ0v) is 9.43. The van der Waals surface area contributed by atoms with Gasteiger partial charge in [-0.05, 0) is 31.2 Å². The van der Waals surface area contributed by atoms with Crippen molar-refractivity contribution >= 4 is 23.5 Å². The third-order valence-corrected chi connectivity index (χ3v) is 2.48. The van der Waals surface area contributed by atoms with E-state index >= 15 is 0 Å². The Balaban J connectivity index is 2.20. The van der Waals surface area contributed by atoms with Gasteiger partial charge in [0.2, 0.25) is 7.85 Å². The fourth-order valence-corrected chi connectivity index (χ4v) is 1.59. The predicted molar refractivity (Wildman–Crippen MR) is 65.4 cm³/mol. The predicted octanol–water partition coefficient (Wildman–Crippen LogP) is -1.02. The monoisotopic (exact) mass is 225 g/mol. The van der Waals surface area contributed by atoms with E-state index < -0.39 is 11.2 Å². The smallest absolute Gasteiger partial charge is 0.302 e. The lowest BCUT2D eigenvalue weighted by atomic mass is 9.59. The van der Waals surface area contributed by atoms with Gasteiger partial charge in [-0.25, -0.2) is 0 Å². The summed E-state index contributed by atoms with van der Waals surface area (Å²) in [7, 11) is 18.5. The highest BCUT2D eigenvalue weighted by molar-refractivity contribution is 6.40. The van der Waals surface area contributed by atoms with Crippen LogP contribution in [0.4, 0.5) is 0 Å². The van der Waals surface area contributed by atoms with E-state index in [0.29, 0.717) is 17.9 Å². The minimum atomic E-state index is -2.10. The lowest BCUT2D eigenvalue weighted by Gasteiger charge is -2.25. The molecule has 4 nitrogen and oxygen atoms in total. The van der Waals surface area contributed by atoms with Crippen LogP contribution in [0, 0.1) is 0 Å². The molecule has 0 spiro atoms. The average Bonchev–Trinajstić information content (AvgIpc) is 2.50. The number of likely N-dealkylation sites (N-methyl/N-ethyl adjacent to an activating group) is 1. The first-order chi connectivity index (χ1) is 7.81. The molecule has 1 aromatic carbocycles. The first kappa shape index (κ1) is 12.4. The Labute approximate surface area is 104 Å². The average molecular weight is 225 g/mol. The molecule has 2 rings (SSSR count). The van der Waals surface area contributed by atoms with Crippen molar-refractivity contribution in [3.8, 4) is 11.5 Å². The quantitative estimate of drug-likeness (QED) is 0.646. The van der Waals surface area contributed by atoms with Crippen LogP contribution in [0.3, 0.4) is 0 Å². The summed E-state index contributed by atoms with van der Waals surface area (Å²) in [6.45, 7) is 0. The lowest BCUT2D eigenvalue weighted by Crippen LogP contribution is -2.46. The Kier molecular flexibility index (Phi) is 2.91. The molecule has 1 atom stereocenters. The molecule has 17 heavy (non-hydrogen) atoms. The highest BCUT2D eigenvalue weighted by Crippen LogP contribution is 2.38. The summed E-state index contributed by atoms with van der Waals surface area (Å²) >= 11 is 0. The summed E-state index contributed by atoms with van der Waals surface area (Å²) in [6.07, 6.45) is 0.392. The van der Waals surface area contributed by atoms with E-state index in [9.17, 15) is 5.11 Å². The second-order valence-electron chi connectivity index (χ2n) is 4.08. The van der Waals surface area contributed by atoms with Gasteiger partial charge in [-0.15, -0.1) is 0 Å². The molecular weight excluding hydrogens is 215 g/mol. The van der Waals surface area contributed by atoms with E-state index in [1.165, 1.54) is 0 Å². The summed E-state index contributed by atoms with van der Waals surface area (Å²) in [5.74, 6) is -1.37. The number of rotatable bonds is 3. The molecule has 0 amide bonds. The van der Waals surface area contributed by atoms with Gasteiger partial charge in [-0.1, -0.05) is 11.4 Å². The lowest BCUT2D eigenvalue weighted by molar-refractivity contribution is -0.178. The van der Waals surface area contributed by atoms with Gasteiger partial charge in [-0.2, -0.15) is 0 Å². The van der Waals surface area contributed by atoms with Gasteiger partial charge in [0.05, 0.1) is 15.7 Å². The van der Waals surface area contributed by atoms with Gasteiger partial charge < -0.3 is 19.9 Å². The maximum absolute atomic E-state index is 9.36. The molecule has 82 valence electrons. The number of hydrogen-bond donors (Lipinski definition) is 2. The van der Waals surface area contributed by atoms with E-state index in [0.717, 1.165) is 5.56 Å². The molecule has 0 fully saturated rings. The molecule has 0 aliphatic carbocycles. The van der Waals surface area contributed by atoms with Crippen LogP contribution in [0.25, 0.3) is 0 Å². The van der Waals surface area contributed by atoms with E-state index in [1.54, 1.807) is 25.2 Å². The number of fused-ring (bicyclic) bond motifs is 1. The molecule has 0 aromatic heterocycles. The number of aliphatic hydroxyl groups is 1. The minimum Gasteiger partial charge on any atom is -0.435 e. The van der Waals surface area contributed by atoms with Gasteiger partial charge in [0.25, 0.3) is 0 Å². The number of ether oxygens (including phenoxy) is 2. The zero-order valence-electron chi connectivity index (χ0n) is 9.43. The summed E-state index contributed by atoms with van der Waals surface area (Å²) in [4.78, 5) is 0. The normalized spacial score (nSPS) is 22.7. The van der Waals surface area contributed by atoms with Crippen LogP contribution in [0.5, 0.6) is 11.5 Å². The van der Waals surface area contributed by atoms with Crippen molar-refractivity contribution in [2.24, 2.45) is 0 Å². The summed E-state index contributed by atoms with van der Waals surface area (Å²) in [6, 6.07) is 5.09. The van der Waals surface area contributed by atoms with Crippen LogP contribution in [0.2, 0.25) is 0 Å². The molecule has 1 heterocycles. The Bertz CT molecular complexity index is 437. The Morgan fingerprint density at radius 3 is 2.65 bits per heavy atom. The Morgan fingerprint density at radius 1 is 1.35 bits per heavy atom. The standard InChI is InChI=1S/C10H10B3NO3/c1-14-9(11,12)5-6-2-3-7-8(4-6)17-10(13,15)16-7/h2-4,14-15H,5H2,1H3. The largest absolute Gasteiger partial charge is 0.435 e. The molecule has 1 aliphatic rings. The van der Waals surface area contributed by atoms with Crippen LogP contribution in [0.1, 0.15) is 5.56 Å². The van der Waals surface area contributed by atoms with Gasteiger partial charge in [0, 0.05) is 0 Å². The minimum absolute atomic E-state index is 0.361. The highest BCUT2D eigenvalue weighted by atomic mass is 16.8. The molecule has 2 N–H and O–H groups in total. The molecule has 1 aromatic rings. The van der Waals surface area contributed by atoms with Crippen LogP contribution < -0.4 is 14.8 Å². The highest BCUT2D eigenvalue weighted by Gasteiger charge is 2.33. The van der Waals surface area contributed by atoms with Crippen molar-refractivity contribution in [2.75, 3.05) is 7.05 Å². The van der Waals surface area contributed by atoms with Crippen molar-refractivity contribution in [3.05, 3.63) is 23.8 Å². The first-order valence-corrected chi connectivity index (χ1v) is 5.10. The molecule has 6 radical (unpaired) electrons. The van der Waals surface area contributed by atoms with Crippen molar-refractivity contribution in [1.82, 2.24) is 5.32 Å². The van der Waals surface area contributed by atoms with E-state index in [1.807, 2.05) is 0 Å². The summed E-state index contributed by atoms with van der Waals surface area (Å²) < 4.78 is 9.93. The van der Waals surface area contributed by atoms with Gasteiger partial charge in [0.1, 0.15) is 0 Å². The SMILES string of the molecule is [B]C([B])(Cc1ccc2c(c1)OC([B])(O)O2)NC. The second kappa shape index (κ2) is 4.00.